The quantitative estimate of drug-likeness (QED) is 0.425. The molecule has 0 aliphatic carbocycles. The molecule has 0 radical (unpaired) electrons. The SMILES string of the molecule is COC(=O)c1cc(C(=O)NC(C)C(=O)NCc2ccccc2)cc([N+](=O)[O-])c1. The third-order valence-electron chi connectivity index (χ3n) is 3.86. The number of methoxy groups -OCH3 is 1. The average molecular weight is 385 g/mol. The molecular formula is C19H19N3O6. The first-order valence-electron chi connectivity index (χ1n) is 8.32. The molecule has 0 aliphatic heterocycles. The Bertz CT molecular complexity index is 898. The zero-order valence-electron chi connectivity index (χ0n) is 15.3. The number of nitrogens with zero attached hydrogens (tertiary/aromatic N) is 1. The van der Waals surface area contributed by atoms with E-state index < -0.39 is 34.4 Å². The molecule has 146 valence electrons. The fraction of sp³-hybridized carbons (Fsp3) is 0.211. The molecule has 0 bridgehead atoms. The Morgan fingerprint density at radius 1 is 1.11 bits per heavy atom. The van der Waals surface area contributed by atoms with Crippen molar-refractivity contribution in [1.82, 2.24) is 10.6 Å². The highest BCUT2D eigenvalue weighted by atomic mass is 16.6. The monoisotopic (exact) mass is 385 g/mol. The van der Waals surface area contributed by atoms with E-state index in [4.69, 9.17) is 0 Å². The number of nitro benzene ring substituents is 1. The van der Waals surface area contributed by atoms with Crippen molar-refractivity contribution >= 4 is 23.5 Å². The standard InChI is InChI=1S/C19H19N3O6/c1-12(17(23)20-11-13-6-4-3-5-7-13)21-18(24)14-8-15(19(25)28-2)10-16(9-14)22(26)27/h3-10,12H,11H2,1-2H3,(H,20,23)(H,21,24). The predicted octanol–water partition coefficient (Wildman–Crippen LogP) is 1.82. The molecule has 2 amide bonds. The van der Waals surface area contributed by atoms with Crippen LogP contribution < -0.4 is 10.6 Å². The first kappa shape index (κ1) is 20.6. The minimum Gasteiger partial charge on any atom is -0.465 e. The number of nitro groups is 1. The molecule has 0 aliphatic rings. The lowest BCUT2D eigenvalue weighted by Gasteiger charge is -2.14. The number of benzene rings is 2. The normalized spacial score (nSPS) is 11.2. The average Bonchev–Trinajstić information content (AvgIpc) is 2.71. The Kier molecular flexibility index (Phi) is 6.80. The maximum Gasteiger partial charge on any atom is 0.338 e. The lowest BCUT2D eigenvalue weighted by Crippen LogP contribution is -2.44. The number of carbonyl (C=O) groups excluding carboxylic acids is 3. The van der Waals surface area contributed by atoms with Gasteiger partial charge in [0.1, 0.15) is 6.04 Å². The fourth-order valence-corrected chi connectivity index (χ4v) is 2.37. The van der Waals surface area contributed by atoms with Gasteiger partial charge in [0.15, 0.2) is 0 Å². The maximum absolute atomic E-state index is 12.4. The molecule has 1 atom stereocenters. The minimum atomic E-state index is -0.892. The molecule has 2 aromatic rings. The van der Waals surface area contributed by atoms with Gasteiger partial charge in [-0.3, -0.25) is 19.7 Å². The fourth-order valence-electron chi connectivity index (χ4n) is 2.37. The van der Waals surface area contributed by atoms with Crippen LogP contribution in [-0.4, -0.2) is 35.9 Å². The van der Waals surface area contributed by atoms with Gasteiger partial charge in [-0.15, -0.1) is 0 Å². The first-order valence-corrected chi connectivity index (χ1v) is 8.32. The molecule has 0 fully saturated rings. The van der Waals surface area contributed by atoms with Crippen LogP contribution in [0.4, 0.5) is 5.69 Å². The summed E-state index contributed by atoms with van der Waals surface area (Å²) >= 11 is 0. The van der Waals surface area contributed by atoms with Crippen LogP contribution in [0.5, 0.6) is 0 Å². The number of nitrogens with one attached hydrogen (secondary N) is 2. The molecule has 2 aromatic carbocycles. The van der Waals surface area contributed by atoms with Crippen molar-refractivity contribution in [3.8, 4) is 0 Å². The number of ether oxygens (including phenoxy) is 1. The van der Waals surface area contributed by atoms with E-state index in [1.165, 1.54) is 13.0 Å². The second kappa shape index (κ2) is 9.26. The van der Waals surface area contributed by atoms with Gasteiger partial charge in [-0.1, -0.05) is 30.3 Å². The van der Waals surface area contributed by atoms with Crippen LogP contribution in [0.2, 0.25) is 0 Å². The van der Waals surface area contributed by atoms with E-state index in [-0.39, 0.29) is 11.1 Å². The van der Waals surface area contributed by atoms with Gasteiger partial charge >= 0.3 is 5.97 Å². The van der Waals surface area contributed by atoms with Gasteiger partial charge in [-0.05, 0) is 18.6 Å². The van der Waals surface area contributed by atoms with Crippen molar-refractivity contribution in [2.24, 2.45) is 0 Å². The Morgan fingerprint density at radius 2 is 1.75 bits per heavy atom. The van der Waals surface area contributed by atoms with E-state index >= 15 is 0 Å². The van der Waals surface area contributed by atoms with Crippen molar-refractivity contribution < 1.29 is 24.0 Å². The first-order chi connectivity index (χ1) is 13.3. The molecule has 2 rings (SSSR count). The van der Waals surface area contributed by atoms with Crippen LogP contribution in [0.15, 0.2) is 48.5 Å². The summed E-state index contributed by atoms with van der Waals surface area (Å²) in [5, 5.41) is 16.2. The van der Waals surface area contributed by atoms with Crippen molar-refractivity contribution in [2.75, 3.05) is 7.11 Å². The van der Waals surface area contributed by atoms with Crippen LogP contribution in [0.25, 0.3) is 0 Å². The molecule has 9 nitrogen and oxygen atoms in total. The molecule has 9 heteroatoms. The zero-order valence-corrected chi connectivity index (χ0v) is 15.3. The minimum absolute atomic E-state index is 0.127. The molecule has 0 heterocycles. The Hall–Kier alpha value is -3.75. The van der Waals surface area contributed by atoms with Crippen molar-refractivity contribution in [1.29, 1.82) is 0 Å². The summed E-state index contributed by atoms with van der Waals surface area (Å²) in [7, 11) is 1.13. The van der Waals surface area contributed by atoms with Crippen LogP contribution >= 0.6 is 0 Å². The van der Waals surface area contributed by atoms with Gasteiger partial charge in [0.2, 0.25) is 5.91 Å². The number of carbonyl (C=O) groups is 3. The van der Waals surface area contributed by atoms with E-state index in [9.17, 15) is 24.5 Å². The molecule has 0 saturated carbocycles. The summed E-state index contributed by atoms with van der Waals surface area (Å²) < 4.78 is 4.54. The maximum atomic E-state index is 12.4. The summed E-state index contributed by atoms with van der Waals surface area (Å²) in [6.45, 7) is 1.78. The third kappa shape index (κ3) is 5.37. The molecule has 28 heavy (non-hydrogen) atoms. The predicted molar refractivity (Wildman–Crippen MR) is 99.7 cm³/mol. The lowest BCUT2D eigenvalue weighted by molar-refractivity contribution is -0.384. The highest BCUT2D eigenvalue weighted by molar-refractivity contribution is 6.00. The lowest BCUT2D eigenvalue weighted by atomic mass is 10.1. The molecule has 2 N–H and O–H groups in total. The molecule has 0 aromatic heterocycles. The summed E-state index contributed by atoms with van der Waals surface area (Å²) in [6.07, 6.45) is 0. The number of non-ortho nitro benzene ring substituents is 1. The number of esters is 1. The van der Waals surface area contributed by atoms with E-state index in [1.54, 1.807) is 0 Å². The van der Waals surface area contributed by atoms with Crippen molar-refractivity contribution in [2.45, 2.75) is 19.5 Å². The van der Waals surface area contributed by atoms with Gasteiger partial charge in [0, 0.05) is 24.2 Å². The highest BCUT2D eigenvalue weighted by Crippen LogP contribution is 2.18. The zero-order chi connectivity index (χ0) is 20.7. The largest absolute Gasteiger partial charge is 0.465 e. The number of hydrogen-bond donors (Lipinski definition) is 2. The van der Waals surface area contributed by atoms with Crippen molar-refractivity contribution in [3.63, 3.8) is 0 Å². The van der Waals surface area contributed by atoms with Gasteiger partial charge in [0.05, 0.1) is 17.6 Å². The molecule has 1 unspecified atom stereocenters. The van der Waals surface area contributed by atoms with Gasteiger partial charge in [0.25, 0.3) is 11.6 Å². The second-order valence-corrected chi connectivity index (χ2v) is 5.92. The van der Waals surface area contributed by atoms with Crippen LogP contribution in [0.3, 0.4) is 0 Å². The van der Waals surface area contributed by atoms with Crippen LogP contribution in [-0.2, 0) is 16.1 Å². The summed E-state index contributed by atoms with van der Waals surface area (Å²) in [6, 6.07) is 11.6. The van der Waals surface area contributed by atoms with E-state index in [0.29, 0.717) is 6.54 Å². The summed E-state index contributed by atoms with van der Waals surface area (Å²) in [5.41, 5.74) is 0.199. The number of amides is 2. The molecule has 0 spiro atoms. The van der Waals surface area contributed by atoms with E-state index in [0.717, 1.165) is 24.8 Å². The Morgan fingerprint density at radius 3 is 2.36 bits per heavy atom. The van der Waals surface area contributed by atoms with Gasteiger partial charge in [-0.25, -0.2) is 4.79 Å². The summed E-state index contributed by atoms with van der Waals surface area (Å²) in [4.78, 5) is 46.6. The topological polar surface area (TPSA) is 128 Å². The van der Waals surface area contributed by atoms with Crippen LogP contribution in [0.1, 0.15) is 33.2 Å². The van der Waals surface area contributed by atoms with Gasteiger partial charge in [-0.2, -0.15) is 0 Å². The smallest absolute Gasteiger partial charge is 0.338 e. The van der Waals surface area contributed by atoms with Crippen LogP contribution in [0, 0.1) is 10.1 Å². The number of rotatable bonds is 7. The molecular weight excluding hydrogens is 366 g/mol. The number of hydrogen-bond acceptors (Lipinski definition) is 6. The van der Waals surface area contributed by atoms with E-state index in [1.807, 2.05) is 30.3 Å². The van der Waals surface area contributed by atoms with Gasteiger partial charge < -0.3 is 15.4 Å². The highest BCUT2D eigenvalue weighted by Gasteiger charge is 2.21. The van der Waals surface area contributed by atoms with Crippen molar-refractivity contribution in [3.05, 3.63) is 75.3 Å². The summed E-state index contributed by atoms with van der Waals surface area (Å²) in [5.74, 6) is -1.96. The molecule has 0 saturated heterocycles. The van der Waals surface area contributed by atoms with E-state index in [2.05, 4.69) is 15.4 Å². The Labute approximate surface area is 160 Å². The second-order valence-electron chi connectivity index (χ2n) is 5.92. The Balaban J connectivity index is 2.08. The third-order valence-corrected chi connectivity index (χ3v) is 3.86.